The van der Waals surface area contributed by atoms with E-state index in [4.69, 9.17) is 10.5 Å². The molecule has 5 heteroatoms. The van der Waals surface area contributed by atoms with Crippen LogP contribution in [0.25, 0.3) is 0 Å². The van der Waals surface area contributed by atoms with Gasteiger partial charge in [0.25, 0.3) is 0 Å². The van der Waals surface area contributed by atoms with Crippen LogP contribution < -0.4 is 11.1 Å². The molecule has 1 amide bonds. The first-order chi connectivity index (χ1) is 7.74. The molecule has 1 rings (SSSR count). The fraction of sp³-hybridized carbons (Fsp3) is 0.909. The molecule has 1 heterocycles. The maximum atomic E-state index is 11.7. The third kappa shape index (κ3) is 5.18. The van der Waals surface area contributed by atoms with Crippen LogP contribution in [-0.2, 0) is 9.53 Å². The maximum Gasteiger partial charge on any atom is 0.237 e. The predicted molar refractivity (Wildman–Crippen MR) is 67.6 cm³/mol. The zero-order chi connectivity index (χ0) is 11.8. The molecular weight excluding hydrogens is 224 g/mol. The molecule has 0 radical (unpaired) electrons. The van der Waals surface area contributed by atoms with Gasteiger partial charge in [-0.05, 0) is 37.2 Å². The van der Waals surface area contributed by atoms with Crippen molar-refractivity contribution >= 4 is 17.7 Å². The molecule has 0 bridgehead atoms. The van der Waals surface area contributed by atoms with Gasteiger partial charge >= 0.3 is 0 Å². The first-order valence-electron chi connectivity index (χ1n) is 5.86. The van der Waals surface area contributed by atoms with E-state index in [0.29, 0.717) is 19.1 Å². The SMILES string of the molecule is COCCCC(N)C(=O)NC1CCSCC1. The van der Waals surface area contributed by atoms with Gasteiger partial charge in [-0.3, -0.25) is 4.79 Å². The Morgan fingerprint density at radius 1 is 1.56 bits per heavy atom. The lowest BCUT2D eigenvalue weighted by atomic mass is 10.1. The third-order valence-corrected chi connectivity index (χ3v) is 3.82. The van der Waals surface area contributed by atoms with Crippen molar-refractivity contribution in [2.24, 2.45) is 5.73 Å². The first kappa shape index (κ1) is 13.8. The van der Waals surface area contributed by atoms with Crippen LogP contribution in [0.2, 0.25) is 0 Å². The van der Waals surface area contributed by atoms with Crippen LogP contribution >= 0.6 is 11.8 Å². The van der Waals surface area contributed by atoms with Crippen molar-refractivity contribution in [2.75, 3.05) is 25.2 Å². The average Bonchev–Trinajstić information content (AvgIpc) is 2.30. The normalized spacial score (nSPS) is 19.4. The van der Waals surface area contributed by atoms with E-state index in [9.17, 15) is 4.79 Å². The van der Waals surface area contributed by atoms with Crippen LogP contribution in [0.1, 0.15) is 25.7 Å². The van der Waals surface area contributed by atoms with E-state index in [-0.39, 0.29) is 11.9 Å². The highest BCUT2D eigenvalue weighted by Crippen LogP contribution is 2.16. The summed E-state index contributed by atoms with van der Waals surface area (Å²) in [5.41, 5.74) is 5.80. The smallest absolute Gasteiger partial charge is 0.237 e. The number of carbonyl (C=O) groups excluding carboxylic acids is 1. The van der Waals surface area contributed by atoms with Gasteiger partial charge in [-0.25, -0.2) is 0 Å². The number of hydrogen-bond donors (Lipinski definition) is 2. The number of thioether (sulfide) groups is 1. The number of ether oxygens (including phenoxy) is 1. The van der Waals surface area contributed by atoms with Crippen LogP contribution in [0.15, 0.2) is 0 Å². The second-order valence-corrected chi connectivity index (χ2v) is 5.36. The zero-order valence-electron chi connectivity index (χ0n) is 9.91. The molecule has 1 aliphatic rings. The van der Waals surface area contributed by atoms with Crippen LogP contribution in [0.3, 0.4) is 0 Å². The summed E-state index contributed by atoms with van der Waals surface area (Å²) >= 11 is 1.95. The number of rotatable bonds is 6. The second-order valence-electron chi connectivity index (χ2n) is 4.14. The van der Waals surface area contributed by atoms with Gasteiger partial charge in [-0.15, -0.1) is 0 Å². The number of nitrogens with one attached hydrogen (secondary N) is 1. The highest BCUT2D eigenvalue weighted by atomic mass is 32.2. The molecule has 0 aliphatic carbocycles. The lowest BCUT2D eigenvalue weighted by Gasteiger charge is -2.24. The molecule has 4 nitrogen and oxygen atoms in total. The van der Waals surface area contributed by atoms with Crippen molar-refractivity contribution in [1.82, 2.24) is 5.32 Å². The summed E-state index contributed by atoms with van der Waals surface area (Å²) in [6, 6.07) is -0.0491. The summed E-state index contributed by atoms with van der Waals surface area (Å²) in [6.45, 7) is 0.668. The summed E-state index contributed by atoms with van der Waals surface area (Å²) in [5.74, 6) is 2.28. The Bertz CT molecular complexity index is 208. The predicted octanol–water partition coefficient (Wildman–Crippen LogP) is 0.752. The molecule has 94 valence electrons. The highest BCUT2D eigenvalue weighted by Gasteiger charge is 2.19. The summed E-state index contributed by atoms with van der Waals surface area (Å²) in [4.78, 5) is 11.7. The number of methoxy groups -OCH3 is 1. The van der Waals surface area contributed by atoms with Gasteiger partial charge in [0.2, 0.25) is 5.91 Å². The van der Waals surface area contributed by atoms with Gasteiger partial charge in [0.1, 0.15) is 0 Å². The van der Waals surface area contributed by atoms with E-state index < -0.39 is 0 Å². The van der Waals surface area contributed by atoms with Crippen LogP contribution in [0.4, 0.5) is 0 Å². The summed E-state index contributed by atoms with van der Waals surface area (Å²) in [5, 5.41) is 3.03. The molecule has 1 aliphatic heterocycles. The van der Waals surface area contributed by atoms with Crippen molar-refractivity contribution in [3.8, 4) is 0 Å². The summed E-state index contributed by atoms with van der Waals surface area (Å²) in [7, 11) is 1.66. The molecular formula is C11H22N2O2S. The second kappa shape index (κ2) is 7.92. The molecule has 0 aromatic carbocycles. The van der Waals surface area contributed by atoms with Crippen LogP contribution in [-0.4, -0.2) is 43.2 Å². The third-order valence-electron chi connectivity index (χ3n) is 2.77. The number of nitrogens with two attached hydrogens (primary N) is 1. The van der Waals surface area contributed by atoms with E-state index in [1.54, 1.807) is 7.11 Å². The first-order valence-corrected chi connectivity index (χ1v) is 7.02. The molecule has 1 atom stereocenters. The molecule has 0 aromatic rings. The Hall–Kier alpha value is -0.260. The molecule has 0 aromatic heterocycles. The average molecular weight is 246 g/mol. The monoisotopic (exact) mass is 246 g/mol. The van der Waals surface area contributed by atoms with Gasteiger partial charge < -0.3 is 15.8 Å². The Balaban J connectivity index is 2.16. The zero-order valence-corrected chi connectivity index (χ0v) is 10.7. The van der Waals surface area contributed by atoms with Crippen molar-refractivity contribution < 1.29 is 9.53 Å². The minimum Gasteiger partial charge on any atom is -0.385 e. The molecule has 1 saturated heterocycles. The van der Waals surface area contributed by atoms with Gasteiger partial charge in [0, 0.05) is 19.8 Å². The van der Waals surface area contributed by atoms with E-state index in [2.05, 4.69) is 5.32 Å². The molecule has 0 spiro atoms. The minimum atomic E-state index is -0.385. The fourth-order valence-electron chi connectivity index (χ4n) is 1.73. The van der Waals surface area contributed by atoms with Crippen molar-refractivity contribution in [2.45, 2.75) is 37.8 Å². The van der Waals surface area contributed by atoms with E-state index in [1.807, 2.05) is 11.8 Å². The summed E-state index contributed by atoms with van der Waals surface area (Å²) in [6.07, 6.45) is 3.68. The van der Waals surface area contributed by atoms with Crippen molar-refractivity contribution in [3.05, 3.63) is 0 Å². The molecule has 0 saturated carbocycles. The molecule has 1 unspecified atom stereocenters. The lowest BCUT2D eigenvalue weighted by Crippen LogP contribution is -2.46. The number of hydrogen-bond acceptors (Lipinski definition) is 4. The van der Waals surface area contributed by atoms with Gasteiger partial charge in [-0.2, -0.15) is 11.8 Å². The molecule has 1 fully saturated rings. The highest BCUT2D eigenvalue weighted by molar-refractivity contribution is 7.99. The standard InChI is InChI=1S/C11H22N2O2S/c1-15-6-2-3-10(12)11(14)13-9-4-7-16-8-5-9/h9-10H,2-8,12H2,1H3,(H,13,14). The van der Waals surface area contributed by atoms with E-state index in [0.717, 1.165) is 30.8 Å². The topological polar surface area (TPSA) is 64.3 Å². The van der Waals surface area contributed by atoms with Gasteiger partial charge in [0.05, 0.1) is 6.04 Å². The van der Waals surface area contributed by atoms with E-state index >= 15 is 0 Å². The van der Waals surface area contributed by atoms with Crippen molar-refractivity contribution in [1.29, 1.82) is 0 Å². The van der Waals surface area contributed by atoms with Gasteiger partial charge in [-0.1, -0.05) is 0 Å². The quantitative estimate of drug-likeness (QED) is 0.679. The number of amides is 1. The summed E-state index contributed by atoms with van der Waals surface area (Å²) < 4.78 is 4.93. The Morgan fingerprint density at radius 3 is 2.88 bits per heavy atom. The number of carbonyl (C=O) groups is 1. The minimum absolute atomic E-state index is 0.00648. The Morgan fingerprint density at radius 2 is 2.25 bits per heavy atom. The largest absolute Gasteiger partial charge is 0.385 e. The van der Waals surface area contributed by atoms with Crippen molar-refractivity contribution in [3.63, 3.8) is 0 Å². The Labute approximate surface area is 102 Å². The van der Waals surface area contributed by atoms with Crippen LogP contribution in [0, 0.1) is 0 Å². The molecule has 3 N–H and O–H groups in total. The molecule has 16 heavy (non-hydrogen) atoms. The fourth-order valence-corrected chi connectivity index (χ4v) is 2.84. The maximum absolute atomic E-state index is 11.7. The lowest BCUT2D eigenvalue weighted by molar-refractivity contribution is -0.123. The van der Waals surface area contributed by atoms with E-state index in [1.165, 1.54) is 0 Å². The van der Waals surface area contributed by atoms with Gasteiger partial charge in [0.15, 0.2) is 0 Å². The Kier molecular flexibility index (Phi) is 6.84. The van der Waals surface area contributed by atoms with Crippen LogP contribution in [0.5, 0.6) is 0 Å².